The van der Waals surface area contributed by atoms with E-state index in [1.165, 1.54) is 12.8 Å². The highest BCUT2D eigenvalue weighted by Gasteiger charge is 2.22. The average Bonchev–Trinajstić information content (AvgIpc) is 3.23. The van der Waals surface area contributed by atoms with Crippen molar-refractivity contribution in [2.24, 2.45) is 16.6 Å². The lowest BCUT2D eigenvalue weighted by atomic mass is 10.3. The molecule has 7 nitrogen and oxygen atoms in total. The molecule has 2 fully saturated rings. The summed E-state index contributed by atoms with van der Waals surface area (Å²) in [5.74, 6) is 1.22. The Balaban J connectivity index is 0.00000208. The number of hydrogen-bond donors (Lipinski definition) is 2. The fourth-order valence-electron chi connectivity index (χ4n) is 2.51. The third-order valence-corrected chi connectivity index (χ3v) is 4.95. The van der Waals surface area contributed by atoms with E-state index in [-0.39, 0.29) is 24.0 Å². The summed E-state index contributed by atoms with van der Waals surface area (Å²) >= 11 is 1.66. The molecule has 0 radical (unpaired) electrons. The molecule has 3 N–H and O–H groups in total. The van der Waals surface area contributed by atoms with Crippen LogP contribution in [-0.4, -0.2) is 73.0 Å². The summed E-state index contributed by atoms with van der Waals surface area (Å²) in [6, 6.07) is 0. The van der Waals surface area contributed by atoms with Gasteiger partial charge < -0.3 is 25.4 Å². The van der Waals surface area contributed by atoms with Crippen LogP contribution >= 0.6 is 35.3 Å². The number of guanidine groups is 1. The number of aliphatic hydroxyl groups excluding tert-OH is 1. The van der Waals surface area contributed by atoms with Crippen LogP contribution < -0.4 is 10.6 Å². The van der Waals surface area contributed by atoms with Gasteiger partial charge in [-0.3, -0.25) is 4.99 Å². The third-order valence-electron chi connectivity index (χ3n) is 4.12. The van der Waals surface area contributed by atoms with E-state index in [1.54, 1.807) is 11.3 Å². The van der Waals surface area contributed by atoms with Gasteiger partial charge in [0, 0.05) is 44.4 Å². The number of halogens is 1. The minimum atomic E-state index is -0.580. The maximum atomic E-state index is 9.88. The second kappa shape index (κ2) is 9.73. The quantitative estimate of drug-likeness (QED) is 0.354. The Morgan fingerprint density at radius 3 is 2.79 bits per heavy atom. The SMILES string of the molecule is I.NC(=NCC(O)COCC1CC1)N1CCN(c2nccs2)CC1. The molecule has 0 bridgehead atoms. The van der Waals surface area contributed by atoms with Gasteiger partial charge in [-0.2, -0.15) is 0 Å². The molecule has 136 valence electrons. The first-order chi connectivity index (χ1) is 11.2. The highest BCUT2D eigenvalue weighted by molar-refractivity contribution is 14.0. The molecular weight excluding hydrogens is 441 g/mol. The van der Waals surface area contributed by atoms with Gasteiger partial charge in [0.05, 0.1) is 19.3 Å². The molecule has 24 heavy (non-hydrogen) atoms. The fourth-order valence-corrected chi connectivity index (χ4v) is 3.20. The zero-order chi connectivity index (χ0) is 16.1. The van der Waals surface area contributed by atoms with E-state index in [0.29, 0.717) is 25.0 Å². The Hall–Kier alpha value is -0.650. The van der Waals surface area contributed by atoms with Crippen molar-refractivity contribution in [1.29, 1.82) is 0 Å². The van der Waals surface area contributed by atoms with Crippen molar-refractivity contribution in [3.63, 3.8) is 0 Å². The van der Waals surface area contributed by atoms with Crippen LogP contribution in [-0.2, 0) is 4.74 Å². The van der Waals surface area contributed by atoms with E-state index in [4.69, 9.17) is 10.5 Å². The smallest absolute Gasteiger partial charge is 0.191 e. The van der Waals surface area contributed by atoms with Crippen molar-refractivity contribution in [2.45, 2.75) is 18.9 Å². The predicted octanol–water partition coefficient (Wildman–Crippen LogP) is 0.985. The molecule has 3 rings (SSSR count). The Labute approximate surface area is 163 Å². The Morgan fingerprint density at radius 1 is 1.42 bits per heavy atom. The van der Waals surface area contributed by atoms with Crippen molar-refractivity contribution in [2.75, 3.05) is 50.8 Å². The molecule has 1 saturated carbocycles. The number of aromatic nitrogens is 1. The van der Waals surface area contributed by atoms with Gasteiger partial charge in [-0.1, -0.05) is 0 Å². The zero-order valence-electron chi connectivity index (χ0n) is 13.7. The highest BCUT2D eigenvalue weighted by Crippen LogP contribution is 2.28. The molecule has 1 aliphatic carbocycles. The number of aliphatic imine (C=N–C) groups is 1. The number of thiazole rings is 1. The van der Waals surface area contributed by atoms with E-state index < -0.39 is 6.10 Å². The molecule has 1 aromatic rings. The molecule has 1 atom stereocenters. The number of aliphatic hydroxyl groups is 1. The van der Waals surface area contributed by atoms with Crippen molar-refractivity contribution in [3.8, 4) is 0 Å². The van der Waals surface area contributed by atoms with Crippen molar-refractivity contribution >= 4 is 46.4 Å². The first-order valence-electron chi connectivity index (χ1n) is 8.17. The van der Waals surface area contributed by atoms with Crippen LogP contribution in [0.25, 0.3) is 0 Å². The zero-order valence-corrected chi connectivity index (χ0v) is 16.9. The molecular formula is C15H26IN5O2S. The molecule has 9 heteroatoms. The molecule has 1 aliphatic heterocycles. The summed E-state index contributed by atoms with van der Waals surface area (Å²) in [5.41, 5.74) is 6.04. The molecule has 0 aromatic carbocycles. The minimum Gasteiger partial charge on any atom is -0.389 e. The average molecular weight is 467 g/mol. The topological polar surface area (TPSA) is 87.2 Å². The maximum Gasteiger partial charge on any atom is 0.191 e. The van der Waals surface area contributed by atoms with Gasteiger partial charge in [0.2, 0.25) is 0 Å². The Kier molecular flexibility index (Phi) is 7.98. The fraction of sp³-hybridized carbons (Fsp3) is 0.733. The van der Waals surface area contributed by atoms with Gasteiger partial charge in [0.1, 0.15) is 0 Å². The summed E-state index contributed by atoms with van der Waals surface area (Å²) in [6.07, 6.45) is 3.76. The number of nitrogens with two attached hydrogens (primary N) is 1. The number of rotatable bonds is 7. The van der Waals surface area contributed by atoms with E-state index in [2.05, 4.69) is 19.8 Å². The first-order valence-corrected chi connectivity index (χ1v) is 9.05. The number of ether oxygens (including phenoxy) is 1. The lowest BCUT2D eigenvalue weighted by Gasteiger charge is -2.35. The van der Waals surface area contributed by atoms with Gasteiger partial charge in [-0.05, 0) is 18.8 Å². The van der Waals surface area contributed by atoms with Gasteiger partial charge in [0.15, 0.2) is 11.1 Å². The molecule has 0 spiro atoms. The van der Waals surface area contributed by atoms with Crippen LogP contribution in [0.5, 0.6) is 0 Å². The van der Waals surface area contributed by atoms with E-state index in [1.807, 2.05) is 11.6 Å². The number of anilines is 1. The Morgan fingerprint density at radius 2 is 2.17 bits per heavy atom. The maximum absolute atomic E-state index is 9.88. The van der Waals surface area contributed by atoms with Crippen LogP contribution in [0.1, 0.15) is 12.8 Å². The second-order valence-electron chi connectivity index (χ2n) is 6.12. The lowest BCUT2D eigenvalue weighted by Crippen LogP contribution is -2.51. The monoisotopic (exact) mass is 467 g/mol. The van der Waals surface area contributed by atoms with E-state index in [0.717, 1.165) is 37.9 Å². The third kappa shape index (κ3) is 6.01. The predicted molar refractivity (Wildman–Crippen MR) is 107 cm³/mol. The summed E-state index contributed by atoms with van der Waals surface area (Å²) in [6.45, 7) is 4.81. The molecule has 1 aromatic heterocycles. The van der Waals surface area contributed by atoms with Gasteiger partial charge in [0.25, 0.3) is 0 Å². The summed E-state index contributed by atoms with van der Waals surface area (Å²) < 4.78 is 5.47. The minimum absolute atomic E-state index is 0. The summed E-state index contributed by atoms with van der Waals surface area (Å²) in [5, 5.41) is 12.9. The lowest BCUT2D eigenvalue weighted by molar-refractivity contribution is 0.0367. The molecule has 2 heterocycles. The van der Waals surface area contributed by atoms with Gasteiger partial charge in [-0.15, -0.1) is 35.3 Å². The van der Waals surface area contributed by atoms with Crippen LogP contribution in [0.4, 0.5) is 5.13 Å². The van der Waals surface area contributed by atoms with Gasteiger partial charge in [-0.25, -0.2) is 4.98 Å². The molecule has 0 amide bonds. The van der Waals surface area contributed by atoms with Crippen LogP contribution in [0.15, 0.2) is 16.6 Å². The summed E-state index contributed by atoms with van der Waals surface area (Å²) in [4.78, 5) is 13.0. The molecule has 2 aliphatic rings. The standard InChI is InChI=1S/C15H25N5O2S.HI/c16-14(18-9-13(21)11-22-10-12-1-2-12)19-4-6-20(7-5-19)15-17-3-8-23-15;/h3,8,12-13,21H,1-2,4-7,9-11H2,(H2,16,18);1H. The largest absolute Gasteiger partial charge is 0.389 e. The van der Waals surface area contributed by atoms with Crippen molar-refractivity contribution in [3.05, 3.63) is 11.6 Å². The first kappa shape index (κ1) is 19.7. The number of nitrogens with zero attached hydrogens (tertiary/aromatic N) is 4. The summed E-state index contributed by atoms with van der Waals surface area (Å²) in [7, 11) is 0. The van der Waals surface area contributed by atoms with Crippen LogP contribution in [0, 0.1) is 5.92 Å². The normalized spacial score (nSPS) is 20.0. The van der Waals surface area contributed by atoms with Crippen LogP contribution in [0.2, 0.25) is 0 Å². The van der Waals surface area contributed by atoms with Crippen LogP contribution in [0.3, 0.4) is 0 Å². The van der Waals surface area contributed by atoms with Crippen molar-refractivity contribution < 1.29 is 9.84 Å². The van der Waals surface area contributed by atoms with Crippen molar-refractivity contribution in [1.82, 2.24) is 9.88 Å². The van der Waals surface area contributed by atoms with E-state index >= 15 is 0 Å². The highest BCUT2D eigenvalue weighted by atomic mass is 127. The molecule has 1 saturated heterocycles. The molecule has 1 unspecified atom stereocenters. The van der Waals surface area contributed by atoms with E-state index in [9.17, 15) is 5.11 Å². The number of hydrogen-bond acceptors (Lipinski definition) is 6. The Bertz CT molecular complexity index is 504. The second-order valence-corrected chi connectivity index (χ2v) is 7.00. The van der Waals surface area contributed by atoms with Gasteiger partial charge >= 0.3 is 0 Å². The number of piperazine rings is 1.